The molecule has 0 radical (unpaired) electrons. The Morgan fingerprint density at radius 3 is 2.67 bits per heavy atom. The maximum Gasteiger partial charge on any atom is 0.155 e. The lowest BCUT2D eigenvalue weighted by atomic mass is 9.55. The number of allylic oxidation sites excluding steroid dienone is 2. The van der Waals surface area contributed by atoms with E-state index >= 15 is 0 Å². The second kappa shape index (κ2) is 5.22. The Labute approximate surface area is 129 Å². The van der Waals surface area contributed by atoms with Gasteiger partial charge in [-0.2, -0.15) is 0 Å². The minimum atomic E-state index is -0.0922. The highest BCUT2D eigenvalue weighted by molar-refractivity contribution is 5.91. The van der Waals surface area contributed by atoms with Crippen LogP contribution >= 0.6 is 0 Å². The Balaban J connectivity index is 1.82. The molecule has 3 rings (SSSR count). The van der Waals surface area contributed by atoms with Crippen molar-refractivity contribution in [2.24, 2.45) is 22.7 Å². The fourth-order valence-corrected chi connectivity index (χ4v) is 5.52. The van der Waals surface area contributed by atoms with E-state index in [0.717, 1.165) is 32.1 Å². The third-order valence-electron chi connectivity index (χ3n) is 7.32. The van der Waals surface area contributed by atoms with Crippen molar-refractivity contribution in [2.45, 2.75) is 78.2 Å². The molecule has 21 heavy (non-hydrogen) atoms. The lowest BCUT2D eigenvalue weighted by molar-refractivity contribution is -0.116. The molecule has 0 heterocycles. The summed E-state index contributed by atoms with van der Waals surface area (Å²) < 4.78 is 0. The smallest absolute Gasteiger partial charge is 0.155 e. The van der Waals surface area contributed by atoms with Crippen molar-refractivity contribution in [2.75, 3.05) is 0 Å². The van der Waals surface area contributed by atoms with Crippen molar-refractivity contribution in [3.05, 3.63) is 11.6 Å². The molecule has 0 aliphatic heterocycles. The van der Waals surface area contributed by atoms with Crippen LogP contribution in [0.5, 0.6) is 0 Å². The van der Waals surface area contributed by atoms with Crippen LogP contribution in [-0.2, 0) is 4.79 Å². The summed E-state index contributed by atoms with van der Waals surface area (Å²) in [6, 6.07) is 0. The van der Waals surface area contributed by atoms with Gasteiger partial charge in [-0.15, -0.1) is 0 Å². The summed E-state index contributed by atoms with van der Waals surface area (Å²) in [6.45, 7) is 6.89. The van der Waals surface area contributed by atoms with E-state index in [1.165, 1.54) is 24.8 Å². The Bertz CT molecular complexity index is 466. The third kappa shape index (κ3) is 2.30. The third-order valence-corrected chi connectivity index (χ3v) is 7.32. The summed E-state index contributed by atoms with van der Waals surface area (Å²) in [6.07, 6.45) is 10.4. The van der Waals surface area contributed by atoms with Gasteiger partial charge in [0, 0.05) is 6.42 Å². The van der Waals surface area contributed by atoms with Crippen LogP contribution in [-0.4, -0.2) is 17.0 Å². The van der Waals surface area contributed by atoms with Gasteiger partial charge in [0.15, 0.2) is 5.78 Å². The molecular weight excluding hydrogens is 260 g/mol. The molecule has 0 saturated heterocycles. The van der Waals surface area contributed by atoms with Crippen LogP contribution in [0.4, 0.5) is 0 Å². The summed E-state index contributed by atoms with van der Waals surface area (Å²) in [7, 11) is 0. The first kappa shape index (κ1) is 15.3. The summed E-state index contributed by atoms with van der Waals surface area (Å²) in [5, 5.41) is 10.3. The van der Waals surface area contributed by atoms with Crippen LogP contribution in [0.2, 0.25) is 0 Å². The van der Waals surface area contributed by atoms with Gasteiger partial charge in [0.25, 0.3) is 0 Å². The van der Waals surface area contributed by atoms with E-state index in [2.05, 4.69) is 20.8 Å². The maximum atomic E-state index is 11.8. The highest BCUT2D eigenvalue weighted by Crippen LogP contribution is 2.59. The molecule has 2 heteroatoms. The molecule has 2 nitrogen and oxygen atoms in total. The van der Waals surface area contributed by atoms with Gasteiger partial charge < -0.3 is 5.11 Å². The second-order valence-electron chi connectivity index (χ2n) is 8.17. The highest BCUT2D eigenvalue weighted by atomic mass is 16.3. The highest BCUT2D eigenvalue weighted by Gasteiger charge is 2.52. The first-order valence-corrected chi connectivity index (χ1v) is 8.82. The van der Waals surface area contributed by atoms with Gasteiger partial charge in [-0.25, -0.2) is 0 Å². The topological polar surface area (TPSA) is 37.3 Å². The zero-order valence-corrected chi connectivity index (χ0v) is 13.8. The Kier molecular flexibility index (Phi) is 3.80. The van der Waals surface area contributed by atoms with Crippen LogP contribution in [0.1, 0.15) is 72.1 Å². The van der Waals surface area contributed by atoms with E-state index in [1.807, 2.05) is 6.08 Å². The number of hydrogen-bond acceptors (Lipinski definition) is 2. The fourth-order valence-electron chi connectivity index (χ4n) is 5.52. The molecule has 2 fully saturated rings. The van der Waals surface area contributed by atoms with Gasteiger partial charge in [0.05, 0.1) is 6.10 Å². The molecule has 3 aliphatic rings. The number of fused-ring (bicyclic) bond motifs is 1. The standard InChI is InChI=1S/C19H30O2/c1-4-13-12-16(20)8-10-18(13,2)15-7-9-19(3)14(11-15)5-6-17(19)21/h12,14-15,17,21H,4-11H2,1-3H3. The van der Waals surface area contributed by atoms with Crippen LogP contribution < -0.4 is 0 Å². The Hall–Kier alpha value is -0.630. The minimum Gasteiger partial charge on any atom is -0.393 e. The Morgan fingerprint density at radius 1 is 1.19 bits per heavy atom. The van der Waals surface area contributed by atoms with E-state index in [1.54, 1.807) is 0 Å². The fraction of sp³-hybridized carbons (Fsp3) is 0.842. The van der Waals surface area contributed by atoms with E-state index in [0.29, 0.717) is 17.6 Å². The molecule has 0 aromatic rings. The van der Waals surface area contributed by atoms with Crippen molar-refractivity contribution < 1.29 is 9.90 Å². The zero-order valence-electron chi connectivity index (χ0n) is 13.8. The Morgan fingerprint density at radius 2 is 1.95 bits per heavy atom. The van der Waals surface area contributed by atoms with Gasteiger partial charge in [-0.3, -0.25) is 4.79 Å². The summed E-state index contributed by atoms with van der Waals surface area (Å²) in [5.74, 6) is 1.69. The molecule has 0 aromatic carbocycles. The molecule has 5 unspecified atom stereocenters. The molecule has 118 valence electrons. The number of carbonyl (C=O) groups excluding carboxylic acids is 1. The minimum absolute atomic E-state index is 0.0922. The molecule has 5 atom stereocenters. The van der Waals surface area contributed by atoms with Gasteiger partial charge in [-0.05, 0) is 73.7 Å². The first-order valence-electron chi connectivity index (χ1n) is 8.82. The van der Waals surface area contributed by atoms with E-state index in [9.17, 15) is 9.90 Å². The molecule has 0 spiro atoms. The SMILES string of the molecule is CCC1=CC(=O)CCC1(C)C1CCC2(C)C(O)CCC2C1. The monoisotopic (exact) mass is 290 g/mol. The number of aliphatic hydroxyl groups is 1. The first-order chi connectivity index (χ1) is 9.90. The van der Waals surface area contributed by atoms with E-state index in [-0.39, 0.29) is 16.9 Å². The van der Waals surface area contributed by atoms with E-state index in [4.69, 9.17) is 0 Å². The number of hydrogen-bond donors (Lipinski definition) is 1. The van der Waals surface area contributed by atoms with Gasteiger partial charge in [-0.1, -0.05) is 26.3 Å². The van der Waals surface area contributed by atoms with Crippen LogP contribution in [0, 0.1) is 22.7 Å². The second-order valence-corrected chi connectivity index (χ2v) is 8.17. The van der Waals surface area contributed by atoms with Crippen LogP contribution in [0.25, 0.3) is 0 Å². The molecule has 0 bridgehead atoms. The number of carbonyl (C=O) groups is 1. The summed E-state index contributed by atoms with van der Waals surface area (Å²) in [4.78, 5) is 11.8. The molecular formula is C19H30O2. The molecule has 0 aromatic heterocycles. The average molecular weight is 290 g/mol. The largest absolute Gasteiger partial charge is 0.393 e. The van der Waals surface area contributed by atoms with Crippen LogP contribution in [0.3, 0.4) is 0 Å². The van der Waals surface area contributed by atoms with Gasteiger partial charge in [0.2, 0.25) is 0 Å². The van der Waals surface area contributed by atoms with Crippen molar-refractivity contribution in [3.8, 4) is 0 Å². The van der Waals surface area contributed by atoms with Gasteiger partial charge >= 0.3 is 0 Å². The molecule has 2 saturated carbocycles. The van der Waals surface area contributed by atoms with Crippen molar-refractivity contribution in [3.63, 3.8) is 0 Å². The van der Waals surface area contributed by atoms with Crippen molar-refractivity contribution in [1.82, 2.24) is 0 Å². The quantitative estimate of drug-likeness (QED) is 0.824. The van der Waals surface area contributed by atoms with Gasteiger partial charge in [0.1, 0.15) is 0 Å². The predicted octanol–water partition coefficient (Wildman–Crippen LogP) is 4.27. The summed E-state index contributed by atoms with van der Waals surface area (Å²) in [5.41, 5.74) is 1.76. The number of ketones is 1. The zero-order chi connectivity index (χ0) is 15.3. The van der Waals surface area contributed by atoms with Crippen molar-refractivity contribution >= 4 is 5.78 Å². The lowest BCUT2D eigenvalue weighted by Gasteiger charge is -2.50. The molecule has 3 aliphatic carbocycles. The predicted molar refractivity (Wildman–Crippen MR) is 84.9 cm³/mol. The summed E-state index contributed by atoms with van der Waals surface area (Å²) >= 11 is 0. The van der Waals surface area contributed by atoms with E-state index < -0.39 is 0 Å². The normalized spacial score (nSPS) is 47.1. The molecule has 1 N–H and O–H groups in total. The molecule has 0 amide bonds. The van der Waals surface area contributed by atoms with Crippen LogP contribution in [0.15, 0.2) is 11.6 Å². The number of aliphatic hydroxyl groups excluding tert-OH is 1. The average Bonchev–Trinajstić information content (AvgIpc) is 2.77. The van der Waals surface area contributed by atoms with Crippen molar-refractivity contribution in [1.29, 1.82) is 0 Å². The lowest BCUT2D eigenvalue weighted by Crippen LogP contribution is -2.43. The maximum absolute atomic E-state index is 11.8. The number of rotatable bonds is 2.